The maximum Gasteiger partial charge on any atom is 0.416 e. The summed E-state index contributed by atoms with van der Waals surface area (Å²) in [6, 6.07) is 11.6. The number of nitrogens with zero attached hydrogens (tertiary/aromatic N) is 2. The van der Waals surface area contributed by atoms with Gasteiger partial charge in [0, 0.05) is 12.1 Å². The van der Waals surface area contributed by atoms with Gasteiger partial charge in [0.2, 0.25) is 0 Å². The van der Waals surface area contributed by atoms with Gasteiger partial charge in [0.05, 0.1) is 18.1 Å². The Kier molecular flexibility index (Phi) is 4.68. The minimum absolute atomic E-state index is 0.155. The SMILES string of the molecule is FC(F)(F)c1cccc(NC(=S)N2N=C(c3ccco3)CC2c2ccco2)c1. The van der Waals surface area contributed by atoms with Crippen molar-refractivity contribution in [3.63, 3.8) is 0 Å². The van der Waals surface area contributed by atoms with Crippen LogP contribution in [0.5, 0.6) is 0 Å². The van der Waals surface area contributed by atoms with Crippen molar-refractivity contribution < 1.29 is 22.0 Å². The van der Waals surface area contributed by atoms with Crippen molar-refractivity contribution in [3.8, 4) is 0 Å². The lowest BCUT2D eigenvalue weighted by Gasteiger charge is -2.23. The van der Waals surface area contributed by atoms with Gasteiger partial charge in [-0.2, -0.15) is 18.3 Å². The van der Waals surface area contributed by atoms with Gasteiger partial charge >= 0.3 is 6.18 Å². The second kappa shape index (κ2) is 7.16. The summed E-state index contributed by atoms with van der Waals surface area (Å²) in [6.07, 6.45) is -0.872. The molecule has 2 aromatic heterocycles. The third-order valence-corrected chi connectivity index (χ3v) is 4.53. The van der Waals surface area contributed by atoms with Gasteiger partial charge in [0.25, 0.3) is 0 Å². The molecule has 0 fully saturated rings. The fourth-order valence-corrected chi connectivity index (χ4v) is 3.23. The van der Waals surface area contributed by atoms with Crippen molar-refractivity contribution in [3.05, 3.63) is 78.1 Å². The predicted octanol–water partition coefficient (Wildman–Crippen LogP) is 5.44. The Balaban J connectivity index is 1.60. The van der Waals surface area contributed by atoms with Gasteiger partial charge in [-0.1, -0.05) is 6.07 Å². The first-order valence-electron chi connectivity index (χ1n) is 8.34. The number of hydrogen-bond acceptors (Lipinski definition) is 4. The molecule has 0 aliphatic carbocycles. The smallest absolute Gasteiger partial charge is 0.416 e. The van der Waals surface area contributed by atoms with Gasteiger partial charge in [-0.25, -0.2) is 5.01 Å². The van der Waals surface area contributed by atoms with Gasteiger partial charge in [0.1, 0.15) is 23.3 Å². The Labute approximate surface area is 163 Å². The van der Waals surface area contributed by atoms with E-state index < -0.39 is 11.7 Å². The van der Waals surface area contributed by atoms with Crippen molar-refractivity contribution in [1.29, 1.82) is 0 Å². The lowest BCUT2D eigenvalue weighted by molar-refractivity contribution is -0.137. The first kappa shape index (κ1) is 18.3. The number of rotatable bonds is 3. The Morgan fingerprint density at radius 3 is 2.57 bits per heavy atom. The monoisotopic (exact) mass is 405 g/mol. The van der Waals surface area contributed by atoms with Gasteiger partial charge in [0.15, 0.2) is 5.11 Å². The maximum atomic E-state index is 12.9. The van der Waals surface area contributed by atoms with Crippen LogP contribution in [0.1, 0.15) is 29.5 Å². The second-order valence-electron chi connectivity index (χ2n) is 6.11. The van der Waals surface area contributed by atoms with E-state index >= 15 is 0 Å². The van der Waals surface area contributed by atoms with E-state index in [0.29, 0.717) is 23.7 Å². The molecule has 3 heterocycles. The molecule has 0 spiro atoms. The van der Waals surface area contributed by atoms with E-state index in [9.17, 15) is 13.2 Å². The van der Waals surface area contributed by atoms with E-state index in [2.05, 4.69) is 10.4 Å². The van der Waals surface area contributed by atoms with Crippen LogP contribution in [-0.4, -0.2) is 15.8 Å². The normalized spacial score (nSPS) is 16.9. The Bertz CT molecular complexity index is 998. The quantitative estimate of drug-likeness (QED) is 0.588. The number of alkyl halides is 3. The molecule has 0 radical (unpaired) electrons. The van der Waals surface area contributed by atoms with Gasteiger partial charge in [-0.15, -0.1) is 0 Å². The summed E-state index contributed by atoms with van der Waals surface area (Å²) in [4.78, 5) is 0. The highest BCUT2D eigenvalue weighted by Gasteiger charge is 2.35. The molecule has 28 heavy (non-hydrogen) atoms. The van der Waals surface area contributed by atoms with Gasteiger partial charge in [-0.05, 0) is 54.7 Å². The highest BCUT2D eigenvalue weighted by atomic mass is 32.1. The number of furan rings is 2. The van der Waals surface area contributed by atoms with Crippen molar-refractivity contribution >= 4 is 28.7 Å². The summed E-state index contributed by atoms with van der Waals surface area (Å²) >= 11 is 5.42. The number of benzene rings is 1. The molecule has 1 atom stereocenters. The molecule has 0 amide bonds. The van der Waals surface area contributed by atoms with E-state index in [0.717, 1.165) is 12.1 Å². The number of anilines is 1. The molecule has 144 valence electrons. The molecule has 1 aliphatic heterocycles. The van der Waals surface area contributed by atoms with E-state index in [1.165, 1.54) is 17.1 Å². The fraction of sp³-hybridized carbons (Fsp3) is 0.158. The molecule has 4 rings (SSSR count). The minimum Gasteiger partial charge on any atom is -0.467 e. The highest BCUT2D eigenvalue weighted by Crippen LogP contribution is 2.34. The molecule has 1 N–H and O–H groups in total. The molecule has 3 aromatic rings. The summed E-state index contributed by atoms with van der Waals surface area (Å²) in [5.74, 6) is 1.24. The Hall–Kier alpha value is -3.07. The molecular formula is C19H14F3N3O2S. The zero-order chi connectivity index (χ0) is 19.7. The summed E-state index contributed by atoms with van der Waals surface area (Å²) in [5, 5.41) is 9.01. The largest absolute Gasteiger partial charge is 0.467 e. The minimum atomic E-state index is -4.44. The van der Waals surface area contributed by atoms with Crippen LogP contribution in [0.25, 0.3) is 0 Å². The summed E-state index contributed by atoms with van der Waals surface area (Å²) in [5.41, 5.74) is 0.128. The number of nitrogens with one attached hydrogen (secondary N) is 1. The standard InChI is InChI=1S/C19H14F3N3O2S/c20-19(21,22)12-4-1-5-13(10-12)23-18(28)25-15(17-7-3-9-27-17)11-14(24-25)16-6-2-8-26-16/h1-10,15H,11H2,(H,23,28). The molecule has 5 nitrogen and oxygen atoms in total. The number of thiocarbonyl (C=S) groups is 1. The third-order valence-electron chi connectivity index (χ3n) is 4.24. The lowest BCUT2D eigenvalue weighted by Crippen LogP contribution is -2.31. The Morgan fingerprint density at radius 2 is 1.89 bits per heavy atom. The van der Waals surface area contributed by atoms with Crippen LogP contribution in [0.4, 0.5) is 18.9 Å². The summed E-state index contributed by atoms with van der Waals surface area (Å²) in [7, 11) is 0. The molecule has 0 saturated carbocycles. The molecule has 9 heteroatoms. The number of halogens is 3. The molecule has 0 bridgehead atoms. The topological polar surface area (TPSA) is 53.9 Å². The molecule has 1 aliphatic rings. The van der Waals surface area contributed by atoms with E-state index in [-0.39, 0.29) is 16.8 Å². The first-order valence-corrected chi connectivity index (χ1v) is 8.75. The van der Waals surface area contributed by atoms with E-state index in [1.807, 2.05) is 0 Å². The predicted molar refractivity (Wildman–Crippen MR) is 101 cm³/mol. The van der Waals surface area contributed by atoms with Crippen LogP contribution >= 0.6 is 12.2 Å². The number of hydrogen-bond donors (Lipinski definition) is 1. The van der Waals surface area contributed by atoms with Crippen molar-refractivity contribution in [2.75, 3.05) is 5.32 Å². The van der Waals surface area contributed by atoms with Crippen LogP contribution < -0.4 is 5.32 Å². The lowest BCUT2D eigenvalue weighted by atomic mass is 10.1. The van der Waals surface area contributed by atoms with Crippen LogP contribution in [0.2, 0.25) is 0 Å². The molecule has 1 unspecified atom stereocenters. The van der Waals surface area contributed by atoms with Crippen molar-refractivity contribution in [1.82, 2.24) is 5.01 Å². The van der Waals surface area contributed by atoms with Crippen LogP contribution in [0, 0.1) is 0 Å². The zero-order valence-corrected chi connectivity index (χ0v) is 15.1. The van der Waals surface area contributed by atoms with Crippen LogP contribution in [0.15, 0.2) is 75.0 Å². The average molecular weight is 405 g/mol. The zero-order valence-electron chi connectivity index (χ0n) is 14.3. The van der Waals surface area contributed by atoms with Crippen LogP contribution in [0.3, 0.4) is 0 Å². The molecular weight excluding hydrogens is 391 g/mol. The van der Waals surface area contributed by atoms with Crippen molar-refractivity contribution in [2.45, 2.75) is 18.6 Å². The summed E-state index contributed by atoms with van der Waals surface area (Å²) < 4.78 is 49.7. The van der Waals surface area contributed by atoms with Gasteiger partial charge < -0.3 is 14.2 Å². The van der Waals surface area contributed by atoms with Crippen LogP contribution in [-0.2, 0) is 6.18 Å². The molecule has 0 saturated heterocycles. The average Bonchev–Trinajstić information content (AvgIpc) is 3.40. The maximum absolute atomic E-state index is 12.9. The first-order chi connectivity index (χ1) is 13.4. The van der Waals surface area contributed by atoms with Crippen molar-refractivity contribution in [2.24, 2.45) is 5.10 Å². The second-order valence-corrected chi connectivity index (χ2v) is 6.50. The highest BCUT2D eigenvalue weighted by molar-refractivity contribution is 7.80. The molecule has 1 aromatic carbocycles. The number of hydrazone groups is 1. The fourth-order valence-electron chi connectivity index (χ4n) is 2.95. The van der Waals surface area contributed by atoms with E-state index in [4.69, 9.17) is 21.1 Å². The Morgan fingerprint density at radius 1 is 1.11 bits per heavy atom. The van der Waals surface area contributed by atoms with E-state index in [1.54, 1.807) is 36.8 Å². The third kappa shape index (κ3) is 3.65. The van der Waals surface area contributed by atoms with Gasteiger partial charge in [-0.3, -0.25) is 0 Å². The summed E-state index contributed by atoms with van der Waals surface area (Å²) in [6.45, 7) is 0.